The molecule has 14 heavy (non-hydrogen) atoms. The number of pyridine rings is 1. The van der Waals surface area contributed by atoms with Gasteiger partial charge < -0.3 is 9.84 Å². The summed E-state index contributed by atoms with van der Waals surface area (Å²) < 4.78 is 5.05. The first-order valence-electron chi connectivity index (χ1n) is 4.84. The minimum Gasteiger partial charge on any atom is -0.481 e. The van der Waals surface area contributed by atoms with E-state index in [0.717, 1.165) is 5.56 Å². The maximum Gasteiger partial charge on any atom is 0.218 e. The lowest BCUT2D eigenvalue weighted by molar-refractivity contribution is 0.271. The van der Waals surface area contributed by atoms with E-state index in [-0.39, 0.29) is 6.61 Å². The highest BCUT2D eigenvalue weighted by Gasteiger charge is 2.39. The topological polar surface area (TPSA) is 42.4 Å². The van der Waals surface area contributed by atoms with Crippen LogP contribution in [0.4, 0.5) is 0 Å². The lowest BCUT2D eigenvalue weighted by Gasteiger charge is -2.11. The summed E-state index contributed by atoms with van der Waals surface area (Å²) in [6.07, 6.45) is 4.28. The lowest BCUT2D eigenvalue weighted by atomic mass is 9.99. The minimum atomic E-state index is -0.0138. The highest BCUT2D eigenvalue weighted by atomic mass is 16.5. The first-order valence-corrected chi connectivity index (χ1v) is 4.84. The van der Waals surface area contributed by atoms with Crippen molar-refractivity contribution in [2.45, 2.75) is 31.8 Å². The number of nitrogens with zero attached hydrogens (tertiary/aromatic N) is 1. The van der Waals surface area contributed by atoms with Gasteiger partial charge in [-0.1, -0.05) is 6.92 Å². The summed E-state index contributed by atoms with van der Waals surface area (Å²) in [5.74, 6) is 0.528. The van der Waals surface area contributed by atoms with Crippen LogP contribution in [0.2, 0.25) is 0 Å². The normalized spacial score (nSPS) is 17.9. The van der Waals surface area contributed by atoms with E-state index in [2.05, 4.69) is 11.9 Å². The third-order valence-electron chi connectivity index (χ3n) is 2.99. The molecule has 76 valence electrons. The Morgan fingerprint density at radius 3 is 2.79 bits per heavy atom. The fraction of sp³-hybridized carbons (Fsp3) is 0.545. The van der Waals surface area contributed by atoms with Gasteiger partial charge in [-0.25, -0.2) is 4.98 Å². The smallest absolute Gasteiger partial charge is 0.218 e. The number of hydrogen-bond donors (Lipinski definition) is 1. The van der Waals surface area contributed by atoms with Crippen molar-refractivity contribution >= 4 is 0 Å². The molecule has 1 N–H and O–H groups in total. The molecule has 1 aromatic rings. The van der Waals surface area contributed by atoms with Gasteiger partial charge in [-0.15, -0.1) is 0 Å². The van der Waals surface area contributed by atoms with E-state index >= 15 is 0 Å². The van der Waals surface area contributed by atoms with Crippen molar-refractivity contribution < 1.29 is 9.84 Å². The van der Waals surface area contributed by atoms with Crippen molar-refractivity contribution in [1.29, 1.82) is 0 Å². The molecule has 0 unspecified atom stereocenters. The first-order chi connectivity index (χ1) is 6.69. The summed E-state index contributed by atoms with van der Waals surface area (Å²) in [6, 6.07) is 2.00. The van der Waals surface area contributed by atoms with Crippen molar-refractivity contribution in [2.75, 3.05) is 7.11 Å². The van der Waals surface area contributed by atoms with Gasteiger partial charge in [0.1, 0.15) is 0 Å². The zero-order valence-corrected chi connectivity index (χ0v) is 8.58. The van der Waals surface area contributed by atoms with E-state index in [4.69, 9.17) is 9.84 Å². The van der Waals surface area contributed by atoms with Crippen molar-refractivity contribution in [3.63, 3.8) is 0 Å². The van der Waals surface area contributed by atoms with Gasteiger partial charge in [-0.2, -0.15) is 0 Å². The van der Waals surface area contributed by atoms with E-state index in [9.17, 15) is 0 Å². The molecular weight excluding hydrogens is 178 g/mol. The third-order valence-corrected chi connectivity index (χ3v) is 2.99. The molecule has 1 fully saturated rings. The molecule has 1 saturated carbocycles. The Labute approximate surface area is 83.7 Å². The highest BCUT2D eigenvalue weighted by Crippen LogP contribution is 2.47. The molecule has 0 aromatic carbocycles. The Bertz CT molecular complexity index is 345. The molecule has 0 aliphatic heterocycles. The lowest BCUT2D eigenvalue weighted by Crippen LogP contribution is -2.04. The predicted octanol–water partition coefficient (Wildman–Crippen LogP) is 1.63. The maximum atomic E-state index is 9.14. The number of aliphatic hydroxyl groups excluding tert-OH is 1. The standard InChI is InChI=1S/C11H15NO2/c1-11(3-4-11)9-5-8(7-13)10(14-2)12-6-9/h5-6,13H,3-4,7H2,1-2H3. The van der Waals surface area contributed by atoms with Crippen LogP contribution in [-0.2, 0) is 12.0 Å². The van der Waals surface area contributed by atoms with Crippen LogP contribution in [-0.4, -0.2) is 17.2 Å². The summed E-state index contributed by atoms with van der Waals surface area (Å²) in [6.45, 7) is 2.21. The molecule has 0 spiro atoms. The second-order valence-electron chi connectivity index (χ2n) is 4.11. The van der Waals surface area contributed by atoms with Crippen LogP contribution in [0, 0.1) is 0 Å². The zero-order chi connectivity index (χ0) is 10.2. The largest absolute Gasteiger partial charge is 0.481 e. The van der Waals surface area contributed by atoms with Gasteiger partial charge >= 0.3 is 0 Å². The Hall–Kier alpha value is -1.09. The average Bonchev–Trinajstić information content (AvgIpc) is 2.97. The van der Waals surface area contributed by atoms with Gasteiger partial charge in [-0.3, -0.25) is 0 Å². The van der Waals surface area contributed by atoms with Crippen LogP contribution < -0.4 is 4.74 Å². The molecule has 2 rings (SSSR count). The molecule has 0 atom stereocenters. The average molecular weight is 193 g/mol. The number of rotatable bonds is 3. The van der Waals surface area contributed by atoms with Crippen LogP contribution in [0.3, 0.4) is 0 Å². The van der Waals surface area contributed by atoms with E-state index in [1.807, 2.05) is 12.3 Å². The summed E-state index contributed by atoms with van der Waals surface area (Å²) in [5, 5.41) is 9.14. The Morgan fingerprint density at radius 2 is 2.29 bits per heavy atom. The molecule has 1 heterocycles. The molecule has 3 nitrogen and oxygen atoms in total. The predicted molar refractivity (Wildman–Crippen MR) is 53.3 cm³/mol. The summed E-state index contributed by atoms with van der Waals surface area (Å²) in [5.41, 5.74) is 2.28. The summed E-state index contributed by atoms with van der Waals surface area (Å²) in [7, 11) is 1.57. The number of ether oxygens (including phenoxy) is 1. The van der Waals surface area contributed by atoms with Crippen molar-refractivity contribution in [3.05, 3.63) is 23.4 Å². The van der Waals surface area contributed by atoms with E-state index in [0.29, 0.717) is 11.3 Å². The number of methoxy groups -OCH3 is 1. The Balaban J connectivity index is 2.36. The van der Waals surface area contributed by atoms with E-state index < -0.39 is 0 Å². The van der Waals surface area contributed by atoms with Crippen molar-refractivity contribution in [2.24, 2.45) is 0 Å². The van der Waals surface area contributed by atoms with Crippen molar-refractivity contribution in [3.8, 4) is 5.88 Å². The van der Waals surface area contributed by atoms with Gasteiger partial charge in [0.2, 0.25) is 5.88 Å². The molecule has 0 saturated heterocycles. The Kier molecular flexibility index (Phi) is 2.19. The number of aromatic nitrogens is 1. The fourth-order valence-corrected chi connectivity index (χ4v) is 1.60. The first kappa shape index (κ1) is 9.46. The van der Waals surface area contributed by atoms with Crippen LogP contribution in [0.5, 0.6) is 5.88 Å². The van der Waals surface area contributed by atoms with Gasteiger partial charge in [0, 0.05) is 11.8 Å². The van der Waals surface area contributed by atoms with E-state index in [1.54, 1.807) is 7.11 Å². The second-order valence-corrected chi connectivity index (χ2v) is 4.11. The molecule has 3 heteroatoms. The molecular formula is C11H15NO2. The summed E-state index contributed by atoms with van der Waals surface area (Å²) >= 11 is 0. The highest BCUT2D eigenvalue weighted by molar-refractivity contribution is 5.36. The Morgan fingerprint density at radius 1 is 1.57 bits per heavy atom. The molecule has 1 aliphatic carbocycles. The van der Waals surface area contributed by atoms with Crippen LogP contribution in [0.25, 0.3) is 0 Å². The van der Waals surface area contributed by atoms with Gasteiger partial charge in [0.05, 0.1) is 13.7 Å². The van der Waals surface area contributed by atoms with Crippen LogP contribution in [0.1, 0.15) is 30.9 Å². The molecule has 0 radical (unpaired) electrons. The van der Waals surface area contributed by atoms with Crippen molar-refractivity contribution in [1.82, 2.24) is 4.98 Å². The summed E-state index contributed by atoms with van der Waals surface area (Å²) in [4.78, 5) is 4.19. The number of aliphatic hydroxyl groups is 1. The molecule has 1 aliphatic rings. The van der Waals surface area contributed by atoms with E-state index in [1.165, 1.54) is 18.4 Å². The molecule has 0 amide bonds. The van der Waals surface area contributed by atoms with Gasteiger partial charge in [0.25, 0.3) is 0 Å². The van der Waals surface area contributed by atoms with Crippen LogP contribution >= 0.6 is 0 Å². The quantitative estimate of drug-likeness (QED) is 0.793. The maximum absolute atomic E-state index is 9.14. The van der Waals surface area contributed by atoms with Crippen LogP contribution in [0.15, 0.2) is 12.3 Å². The minimum absolute atomic E-state index is 0.0138. The second kappa shape index (κ2) is 3.24. The fourth-order valence-electron chi connectivity index (χ4n) is 1.60. The third kappa shape index (κ3) is 1.48. The zero-order valence-electron chi connectivity index (χ0n) is 8.58. The monoisotopic (exact) mass is 193 g/mol. The number of hydrogen-bond acceptors (Lipinski definition) is 3. The molecule has 1 aromatic heterocycles. The van der Waals surface area contributed by atoms with Gasteiger partial charge in [0.15, 0.2) is 0 Å². The van der Waals surface area contributed by atoms with Gasteiger partial charge in [-0.05, 0) is 29.9 Å². The molecule has 0 bridgehead atoms. The SMILES string of the molecule is COc1ncc(C2(C)CC2)cc1CO.